The first-order chi connectivity index (χ1) is 28.4. The lowest BCUT2D eigenvalue weighted by atomic mass is 9.68. The van der Waals surface area contributed by atoms with Gasteiger partial charge in [-0.05, 0) is 133 Å². The third kappa shape index (κ3) is 11.6. The molecule has 59 heavy (non-hydrogen) atoms. The smallest absolute Gasteiger partial charge is 0.416 e. The second kappa shape index (κ2) is 20.0. The minimum absolute atomic E-state index is 0.206. The number of benzene rings is 5. The average Bonchev–Trinajstić information content (AvgIpc) is 3.53. The van der Waals surface area contributed by atoms with Gasteiger partial charge in [0.05, 0.1) is 30.3 Å². The Labute approximate surface area is 348 Å². The maximum absolute atomic E-state index is 13.1. The number of hydrogen-bond donors (Lipinski definition) is 1. The number of anilines is 1. The van der Waals surface area contributed by atoms with Gasteiger partial charge in [-0.3, -0.25) is 4.79 Å². The summed E-state index contributed by atoms with van der Waals surface area (Å²) in [5.74, 6) is 3.06. The summed E-state index contributed by atoms with van der Waals surface area (Å²) in [4.78, 5) is 15.6. The summed E-state index contributed by atoms with van der Waals surface area (Å²) in [5.41, 5.74) is 6.00. The molecule has 8 nitrogen and oxygen atoms in total. The molecule has 1 saturated carbocycles. The second-order valence-corrected chi connectivity index (χ2v) is 16.1. The molecule has 0 radical (unpaired) electrons. The van der Waals surface area contributed by atoms with Crippen molar-refractivity contribution in [1.29, 1.82) is 0 Å². The van der Waals surface area contributed by atoms with Crippen molar-refractivity contribution in [3.05, 3.63) is 149 Å². The number of methoxy groups -OCH3 is 1. The molecule has 7 rings (SSSR count). The number of hydrogen-bond acceptors (Lipinski definition) is 8. The molecule has 1 fully saturated rings. The SMILES string of the molecule is COc1ccc(CN[C@@H]2CC(COc3ccc(C(F)(F)F)cc3)[C@H](C)C(c3ccc(N(C)Sc4ccc5c(c4)nc(C)n5C)cc3)C2)cc1.O=COCc1ccccc1. The van der Waals surface area contributed by atoms with Crippen LogP contribution in [0.25, 0.3) is 11.0 Å². The number of aromatic nitrogens is 2. The molecule has 0 aliphatic heterocycles. The zero-order chi connectivity index (χ0) is 41.9. The fourth-order valence-corrected chi connectivity index (χ4v) is 8.34. The molecule has 0 saturated heterocycles. The lowest BCUT2D eigenvalue weighted by Gasteiger charge is -2.41. The van der Waals surface area contributed by atoms with Gasteiger partial charge in [0.1, 0.15) is 23.9 Å². The largest absolute Gasteiger partial charge is 0.497 e. The monoisotopic (exact) mass is 824 g/mol. The zero-order valence-corrected chi connectivity index (χ0v) is 34.8. The number of rotatable bonds is 14. The maximum Gasteiger partial charge on any atom is 0.416 e. The van der Waals surface area contributed by atoms with Gasteiger partial charge in [-0.2, -0.15) is 13.2 Å². The standard InChI is InChI=1S/C39H43F3N4O2S.C8H8O2/c1-25-29(24-48-34-16-10-30(11-17-34)39(40,41)42)20-31(43-23-27-6-14-33(47-5)15-7-27)21-36(25)28-8-12-32(13-9-28)46(4)49-35-18-19-38-37(22-35)44-26(2)45(38)3;9-7-10-6-8-4-2-1-3-5-8/h6-19,22,25,29,31,36,43H,20-21,23-24H2,1-5H3;1-5,7H,6H2/t25-,29?,31+,36?;/m0./s1. The highest BCUT2D eigenvalue weighted by Gasteiger charge is 2.36. The van der Waals surface area contributed by atoms with Crippen molar-refractivity contribution in [3.63, 3.8) is 0 Å². The number of fused-ring (bicyclic) bond motifs is 1. The zero-order valence-electron chi connectivity index (χ0n) is 34.0. The number of nitrogens with zero attached hydrogens (tertiary/aromatic N) is 3. The maximum atomic E-state index is 13.1. The second-order valence-electron chi connectivity index (χ2n) is 14.9. The number of halogens is 3. The van der Waals surface area contributed by atoms with Crippen LogP contribution in [0.3, 0.4) is 0 Å². The van der Waals surface area contributed by atoms with E-state index in [0.29, 0.717) is 31.4 Å². The van der Waals surface area contributed by atoms with Crippen molar-refractivity contribution in [1.82, 2.24) is 14.9 Å². The molecule has 310 valence electrons. The number of aryl methyl sites for hydroxylation is 2. The van der Waals surface area contributed by atoms with Crippen LogP contribution in [0.1, 0.15) is 53.8 Å². The molecule has 1 N–H and O–H groups in total. The van der Waals surface area contributed by atoms with Gasteiger partial charge in [-0.15, -0.1) is 0 Å². The first-order valence-corrected chi connectivity index (χ1v) is 20.4. The highest BCUT2D eigenvalue weighted by atomic mass is 32.2. The van der Waals surface area contributed by atoms with Crippen LogP contribution in [-0.2, 0) is 35.9 Å². The molecule has 1 aromatic heterocycles. The molecule has 12 heteroatoms. The Morgan fingerprint density at radius 2 is 1.59 bits per heavy atom. The molecule has 4 atom stereocenters. The van der Waals surface area contributed by atoms with Crippen molar-refractivity contribution in [2.75, 3.05) is 25.1 Å². The topological polar surface area (TPSA) is 77.9 Å². The summed E-state index contributed by atoms with van der Waals surface area (Å²) in [7, 11) is 5.77. The Morgan fingerprint density at radius 3 is 2.25 bits per heavy atom. The average molecular weight is 825 g/mol. The number of nitrogens with one attached hydrogen (secondary N) is 1. The molecule has 6 aromatic rings. The highest BCUT2D eigenvalue weighted by Crippen LogP contribution is 2.43. The number of carbonyl (C=O) groups is 1. The number of alkyl halides is 3. The third-order valence-electron chi connectivity index (χ3n) is 11.1. The first kappa shape index (κ1) is 43.1. The molecule has 5 aromatic carbocycles. The fraction of sp³-hybridized carbons (Fsp3) is 0.319. The van der Waals surface area contributed by atoms with Gasteiger partial charge < -0.3 is 28.4 Å². The molecule has 2 unspecified atom stereocenters. The summed E-state index contributed by atoms with van der Waals surface area (Å²) in [6, 6.07) is 38.1. The Kier molecular flexibility index (Phi) is 14.6. The summed E-state index contributed by atoms with van der Waals surface area (Å²) in [6.45, 7) is 6.27. The quantitative estimate of drug-likeness (QED) is 0.0860. The normalized spacial score (nSPS) is 17.8. The van der Waals surface area contributed by atoms with Crippen LogP contribution in [0.2, 0.25) is 0 Å². The Morgan fingerprint density at radius 1 is 0.898 bits per heavy atom. The van der Waals surface area contributed by atoms with Gasteiger partial charge in [-0.25, -0.2) is 4.98 Å². The van der Waals surface area contributed by atoms with Crippen molar-refractivity contribution < 1.29 is 32.2 Å². The van der Waals surface area contributed by atoms with Crippen molar-refractivity contribution >= 4 is 35.1 Å². The summed E-state index contributed by atoms with van der Waals surface area (Å²) in [5, 5.41) is 3.78. The van der Waals surface area contributed by atoms with Gasteiger partial charge >= 0.3 is 6.18 Å². The molecule has 1 aliphatic carbocycles. The predicted octanol–water partition coefficient (Wildman–Crippen LogP) is 10.8. The molecule has 0 amide bonds. The van der Waals surface area contributed by atoms with Crippen LogP contribution < -0.4 is 19.1 Å². The first-order valence-electron chi connectivity index (χ1n) is 19.6. The van der Waals surface area contributed by atoms with Crippen LogP contribution in [0.15, 0.2) is 126 Å². The van der Waals surface area contributed by atoms with Crippen LogP contribution in [0.5, 0.6) is 11.5 Å². The van der Waals surface area contributed by atoms with E-state index < -0.39 is 11.7 Å². The van der Waals surface area contributed by atoms with E-state index in [9.17, 15) is 18.0 Å². The van der Waals surface area contributed by atoms with E-state index in [4.69, 9.17) is 9.47 Å². The lowest BCUT2D eigenvalue weighted by Crippen LogP contribution is -2.42. The van der Waals surface area contributed by atoms with E-state index in [0.717, 1.165) is 70.3 Å². The Balaban J connectivity index is 0.000000512. The van der Waals surface area contributed by atoms with Crippen LogP contribution in [0.4, 0.5) is 18.9 Å². The minimum Gasteiger partial charge on any atom is -0.497 e. The fourth-order valence-electron chi connectivity index (χ4n) is 7.50. The van der Waals surface area contributed by atoms with Crippen molar-refractivity contribution in [2.45, 2.75) is 62.9 Å². The van der Waals surface area contributed by atoms with E-state index in [2.05, 4.69) is 92.5 Å². The van der Waals surface area contributed by atoms with E-state index in [1.165, 1.54) is 23.3 Å². The molecular weight excluding hydrogens is 774 g/mol. The van der Waals surface area contributed by atoms with Gasteiger partial charge in [0, 0.05) is 37.3 Å². The van der Waals surface area contributed by atoms with Crippen LogP contribution in [-0.4, -0.2) is 42.8 Å². The molecule has 0 spiro atoms. The highest BCUT2D eigenvalue weighted by molar-refractivity contribution is 8.00. The van der Waals surface area contributed by atoms with E-state index in [-0.39, 0.29) is 17.9 Å². The van der Waals surface area contributed by atoms with Gasteiger partial charge in [-0.1, -0.05) is 61.5 Å². The minimum atomic E-state index is -4.37. The Bertz CT molecular complexity index is 2230. The molecule has 0 bridgehead atoms. The predicted molar refractivity (Wildman–Crippen MR) is 229 cm³/mol. The van der Waals surface area contributed by atoms with E-state index in [1.807, 2.05) is 56.4 Å². The molecule has 1 aliphatic rings. The van der Waals surface area contributed by atoms with Gasteiger partial charge in [0.2, 0.25) is 0 Å². The summed E-state index contributed by atoms with van der Waals surface area (Å²) < 4.78 is 59.5. The van der Waals surface area contributed by atoms with Gasteiger partial charge in [0.25, 0.3) is 6.47 Å². The molecular formula is C47H51F3N4O4S. The van der Waals surface area contributed by atoms with E-state index in [1.54, 1.807) is 19.1 Å². The third-order valence-corrected chi connectivity index (χ3v) is 12.0. The van der Waals surface area contributed by atoms with Gasteiger partial charge in [0.15, 0.2) is 0 Å². The van der Waals surface area contributed by atoms with E-state index >= 15 is 0 Å². The number of imidazole rings is 1. The number of ether oxygens (including phenoxy) is 3. The van der Waals surface area contributed by atoms with Crippen LogP contribution in [0, 0.1) is 18.8 Å². The summed E-state index contributed by atoms with van der Waals surface area (Å²) in [6.07, 6.45) is -2.49. The van der Waals surface area contributed by atoms with Crippen molar-refractivity contribution in [2.24, 2.45) is 18.9 Å². The molecule has 1 heterocycles. The summed E-state index contributed by atoms with van der Waals surface area (Å²) >= 11 is 1.67. The number of carbonyl (C=O) groups excluding carboxylic acids is 1. The lowest BCUT2D eigenvalue weighted by molar-refractivity contribution is -0.137. The van der Waals surface area contributed by atoms with Crippen LogP contribution >= 0.6 is 11.9 Å². The Hall–Kier alpha value is -5.46. The van der Waals surface area contributed by atoms with Crippen molar-refractivity contribution in [3.8, 4) is 11.5 Å².